The van der Waals surface area contributed by atoms with Gasteiger partial charge in [0, 0.05) is 29.5 Å². The van der Waals surface area contributed by atoms with Crippen LogP contribution < -0.4 is 16.8 Å². The van der Waals surface area contributed by atoms with Crippen LogP contribution >= 0.6 is 0 Å². The normalized spacial score (nSPS) is 12.4. The first-order chi connectivity index (χ1) is 18.7. The molecule has 4 aromatic carbocycles. The predicted octanol–water partition coefficient (Wildman–Crippen LogP) is 5.40. The van der Waals surface area contributed by atoms with Crippen molar-refractivity contribution in [2.75, 3.05) is 16.8 Å². The highest BCUT2D eigenvalue weighted by Gasteiger charge is 2.18. The second-order valence-electron chi connectivity index (χ2n) is 8.33. The van der Waals surface area contributed by atoms with Gasteiger partial charge in [0.05, 0.1) is 25.3 Å². The highest BCUT2D eigenvalue weighted by atomic mass is 32.2. The molecule has 0 radical (unpaired) electrons. The summed E-state index contributed by atoms with van der Waals surface area (Å²) in [4.78, 5) is 5.01. The van der Waals surface area contributed by atoms with Crippen LogP contribution in [0, 0.1) is 0 Å². The molecule has 10 heteroatoms. The van der Waals surface area contributed by atoms with Crippen LogP contribution in [-0.4, -0.2) is 23.1 Å². The number of hydrogen-bond acceptors (Lipinski definition) is 8. The molecule has 0 amide bonds. The maximum absolute atomic E-state index is 12.7. The van der Waals surface area contributed by atoms with E-state index in [0.29, 0.717) is 17.1 Å². The molecular formula is C29H26N4O4S2. The van der Waals surface area contributed by atoms with Crippen molar-refractivity contribution in [3.05, 3.63) is 121 Å². The Morgan fingerprint density at radius 1 is 0.538 bits per heavy atom. The summed E-state index contributed by atoms with van der Waals surface area (Å²) >= 11 is 0. The molecule has 5 N–H and O–H groups in total. The molecule has 0 saturated heterocycles. The number of nitrogens with two attached hydrogens (primary N) is 2. The number of sulfone groups is 2. The number of benzene rings is 4. The third-order valence-electron chi connectivity index (χ3n) is 5.57. The van der Waals surface area contributed by atoms with Gasteiger partial charge in [-0.2, -0.15) is 0 Å². The van der Waals surface area contributed by atoms with Crippen molar-refractivity contribution < 1.29 is 16.8 Å². The number of allylic oxidation sites excluding steroid dienone is 3. The Morgan fingerprint density at radius 3 is 1.41 bits per heavy atom. The molecule has 0 aliphatic heterocycles. The summed E-state index contributed by atoms with van der Waals surface area (Å²) in [6.45, 7) is 0. The molecule has 0 aromatic heterocycles. The van der Waals surface area contributed by atoms with Crippen molar-refractivity contribution in [2.45, 2.75) is 19.6 Å². The highest BCUT2D eigenvalue weighted by molar-refractivity contribution is 7.91. The number of hydrogen-bond donors (Lipinski definition) is 3. The van der Waals surface area contributed by atoms with E-state index >= 15 is 0 Å². The number of nitrogen functional groups attached to an aromatic ring is 2. The van der Waals surface area contributed by atoms with Crippen molar-refractivity contribution in [3.8, 4) is 0 Å². The molecule has 198 valence electrons. The summed E-state index contributed by atoms with van der Waals surface area (Å²) < 4.78 is 50.9. The van der Waals surface area contributed by atoms with Crippen LogP contribution in [0.1, 0.15) is 0 Å². The molecule has 0 fully saturated rings. The number of nitrogens with one attached hydrogen (secondary N) is 1. The summed E-state index contributed by atoms with van der Waals surface area (Å²) in [7, 11) is -7.24. The van der Waals surface area contributed by atoms with E-state index in [1.165, 1.54) is 48.5 Å². The smallest absolute Gasteiger partial charge is 0.206 e. The average molecular weight is 559 g/mol. The van der Waals surface area contributed by atoms with Crippen molar-refractivity contribution in [2.24, 2.45) is 4.99 Å². The number of rotatable bonds is 9. The maximum Gasteiger partial charge on any atom is 0.206 e. The van der Waals surface area contributed by atoms with Gasteiger partial charge in [0.15, 0.2) is 0 Å². The highest BCUT2D eigenvalue weighted by Crippen LogP contribution is 2.25. The minimum atomic E-state index is -3.63. The van der Waals surface area contributed by atoms with Gasteiger partial charge in [-0.3, -0.25) is 4.99 Å². The minimum absolute atomic E-state index is 0.173. The summed E-state index contributed by atoms with van der Waals surface area (Å²) in [5, 5.41) is 3.06. The Kier molecular flexibility index (Phi) is 8.28. The van der Waals surface area contributed by atoms with Crippen molar-refractivity contribution in [1.82, 2.24) is 0 Å². The van der Waals surface area contributed by atoms with E-state index in [4.69, 9.17) is 11.5 Å². The Bertz CT molecular complexity index is 1730. The molecule has 0 aliphatic rings. The van der Waals surface area contributed by atoms with Gasteiger partial charge in [0.2, 0.25) is 19.7 Å². The fraction of sp³-hybridized carbons (Fsp3) is 0. The van der Waals surface area contributed by atoms with E-state index in [1.54, 1.807) is 79.2 Å². The Labute approximate surface area is 227 Å². The molecule has 0 atom stereocenters. The average Bonchev–Trinajstić information content (AvgIpc) is 2.93. The van der Waals surface area contributed by atoms with Crippen LogP contribution in [0.15, 0.2) is 146 Å². The van der Waals surface area contributed by atoms with Gasteiger partial charge in [-0.05, 0) is 109 Å². The quantitative estimate of drug-likeness (QED) is 0.142. The molecule has 0 aliphatic carbocycles. The molecule has 4 aromatic rings. The van der Waals surface area contributed by atoms with E-state index in [1.807, 2.05) is 0 Å². The van der Waals surface area contributed by atoms with Gasteiger partial charge in [-0.25, -0.2) is 16.8 Å². The Hall–Kier alpha value is -4.67. The predicted molar refractivity (Wildman–Crippen MR) is 156 cm³/mol. The van der Waals surface area contributed by atoms with Gasteiger partial charge in [0.25, 0.3) is 0 Å². The zero-order valence-corrected chi connectivity index (χ0v) is 22.3. The van der Waals surface area contributed by atoms with Crippen LogP contribution in [0.4, 0.5) is 22.7 Å². The van der Waals surface area contributed by atoms with Gasteiger partial charge in [-0.1, -0.05) is 6.08 Å². The molecular weight excluding hydrogens is 532 g/mol. The summed E-state index contributed by atoms with van der Waals surface area (Å²) in [6, 6.07) is 24.8. The number of nitrogens with zero attached hydrogens (tertiary/aromatic N) is 1. The Balaban J connectivity index is 1.30. The monoisotopic (exact) mass is 558 g/mol. The van der Waals surface area contributed by atoms with Crippen LogP contribution in [0.3, 0.4) is 0 Å². The first-order valence-electron chi connectivity index (χ1n) is 11.7. The lowest BCUT2D eigenvalue weighted by atomic mass is 10.3. The topological polar surface area (TPSA) is 145 Å². The molecule has 0 saturated carbocycles. The van der Waals surface area contributed by atoms with E-state index in [9.17, 15) is 16.8 Å². The third kappa shape index (κ3) is 6.81. The van der Waals surface area contributed by atoms with Crippen LogP contribution in [0.2, 0.25) is 0 Å². The van der Waals surface area contributed by atoms with Crippen molar-refractivity contribution in [1.29, 1.82) is 0 Å². The second kappa shape index (κ2) is 11.8. The zero-order chi connectivity index (χ0) is 27.9. The first kappa shape index (κ1) is 27.4. The molecule has 39 heavy (non-hydrogen) atoms. The van der Waals surface area contributed by atoms with Gasteiger partial charge in [0.1, 0.15) is 0 Å². The Morgan fingerprint density at radius 2 is 0.949 bits per heavy atom. The minimum Gasteiger partial charge on any atom is -0.399 e. The van der Waals surface area contributed by atoms with E-state index in [2.05, 4.69) is 10.3 Å². The molecule has 4 rings (SSSR count). The first-order valence-corrected chi connectivity index (χ1v) is 14.7. The fourth-order valence-electron chi connectivity index (χ4n) is 3.45. The lowest BCUT2D eigenvalue weighted by Gasteiger charge is -2.06. The molecule has 0 unspecified atom stereocenters. The molecule has 0 heterocycles. The largest absolute Gasteiger partial charge is 0.399 e. The molecule has 8 nitrogen and oxygen atoms in total. The lowest BCUT2D eigenvalue weighted by molar-refractivity contribution is 0.594. The van der Waals surface area contributed by atoms with E-state index < -0.39 is 19.7 Å². The second-order valence-corrected chi connectivity index (χ2v) is 12.2. The van der Waals surface area contributed by atoms with Gasteiger partial charge in [-0.15, -0.1) is 0 Å². The van der Waals surface area contributed by atoms with Crippen LogP contribution in [0.25, 0.3) is 0 Å². The number of aliphatic imine (C=N–C) groups is 1. The maximum atomic E-state index is 12.7. The van der Waals surface area contributed by atoms with Gasteiger partial charge < -0.3 is 16.8 Å². The molecule has 0 bridgehead atoms. The summed E-state index contributed by atoms with van der Waals surface area (Å²) in [5.41, 5.74) is 13.6. The van der Waals surface area contributed by atoms with Crippen molar-refractivity contribution >= 4 is 48.6 Å². The molecule has 0 spiro atoms. The third-order valence-corrected chi connectivity index (χ3v) is 9.14. The van der Waals surface area contributed by atoms with Gasteiger partial charge >= 0.3 is 0 Å². The zero-order valence-electron chi connectivity index (χ0n) is 20.7. The van der Waals surface area contributed by atoms with Crippen molar-refractivity contribution in [3.63, 3.8) is 0 Å². The summed E-state index contributed by atoms with van der Waals surface area (Å²) in [6.07, 6.45) is 8.53. The van der Waals surface area contributed by atoms with Crippen LogP contribution in [0.5, 0.6) is 0 Å². The lowest BCUT2D eigenvalue weighted by Crippen LogP contribution is -2.02. The number of anilines is 3. The van der Waals surface area contributed by atoms with Crippen LogP contribution in [-0.2, 0) is 19.7 Å². The van der Waals surface area contributed by atoms with E-state index in [-0.39, 0.29) is 19.6 Å². The SMILES string of the molecule is Nc1ccc(S(=O)(=O)c2ccc(N=C/C=C/C=C/Nc3ccc(S(=O)(=O)c4ccc(N)cc4)cc3)cc2)cc1. The standard InChI is InChI=1S/C29H26N4O4S2/c30-22-4-12-26(13-5-22)38(34,35)28-16-8-24(9-17-28)32-20-2-1-3-21-33-25-10-18-29(19-11-25)39(36,37)27-14-6-23(31)7-15-27/h1-21,32H,30-31H2/b3-1+,20-2+,33-21?. The fourth-order valence-corrected chi connectivity index (χ4v) is 5.97. The van der Waals surface area contributed by atoms with E-state index in [0.717, 1.165) is 5.69 Å². The summed E-state index contributed by atoms with van der Waals surface area (Å²) in [5.74, 6) is 0.